The fourth-order valence-corrected chi connectivity index (χ4v) is 1.72. The van der Waals surface area contributed by atoms with Gasteiger partial charge in [-0.05, 0) is 12.1 Å². The van der Waals surface area contributed by atoms with Gasteiger partial charge in [-0.15, -0.1) is 5.10 Å². The number of hydrogen-bond acceptors (Lipinski definition) is 4. The van der Waals surface area contributed by atoms with E-state index in [1.165, 1.54) is 0 Å². The van der Waals surface area contributed by atoms with Crippen LogP contribution in [0.1, 0.15) is 0 Å². The number of imidazole rings is 1. The Labute approximate surface area is 104 Å². The minimum absolute atomic E-state index is 0.349. The fourth-order valence-electron chi connectivity index (χ4n) is 1.72. The third kappa shape index (κ3) is 1.73. The van der Waals surface area contributed by atoms with Crippen molar-refractivity contribution < 1.29 is 0 Å². The Morgan fingerprint density at radius 1 is 1.17 bits per heavy atom. The maximum atomic E-state index is 5.87. The van der Waals surface area contributed by atoms with E-state index in [-0.39, 0.29) is 0 Å². The van der Waals surface area contributed by atoms with Gasteiger partial charge in [0.05, 0.1) is 12.0 Å². The number of aryl methyl sites for hydroxylation is 1. The molecule has 0 atom stereocenters. The van der Waals surface area contributed by atoms with Crippen LogP contribution < -0.4 is 5.73 Å². The Kier molecular flexibility index (Phi) is 2.33. The van der Waals surface area contributed by atoms with Crippen LogP contribution in [0.25, 0.3) is 17.2 Å². The number of anilines is 1. The molecule has 2 heterocycles. The summed E-state index contributed by atoms with van der Waals surface area (Å²) in [6.45, 7) is 0. The van der Waals surface area contributed by atoms with Crippen molar-refractivity contribution in [1.82, 2.24) is 24.3 Å². The molecule has 0 aliphatic carbocycles. The van der Waals surface area contributed by atoms with E-state index >= 15 is 0 Å². The van der Waals surface area contributed by atoms with Crippen molar-refractivity contribution in [2.75, 3.05) is 5.73 Å². The molecule has 6 nitrogen and oxygen atoms in total. The van der Waals surface area contributed by atoms with Gasteiger partial charge in [-0.25, -0.2) is 4.98 Å². The molecule has 0 saturated carbocycles. The molecule has 6 heteroatoms. The molecule has 2 N–H and O–H groups in total. The minimum atomic E-state index is 0.349. The zero-order valence-electron chi connectivity index (χ0n) is 9.85. The highest BCUT2D eigenvalue weighted by molar-refractivity contribution is 5.51. The molecular formula is C12H12N6. The first-order chi connectivity index (χ1) is 8.74. The van der Waals surface area contributed by atoms with Crippen LogP contribution in [0.15, 0.2) is 42.9 Å². The monoisotopic (exact) mass is 240 g/mol. The van der Waals surface area contributed by atoms with Gasteiger partial charge in [0, 0.05) is 13.2 Å². The van der Waals surface area contributed by atoms with Gasteiger partial charge in [0.15, 0.2) is 0 Å². The standard InChI is InChI=1S/C12H12N6/c1-17-7-10(14-8-17)11-15-12(13)18(16-11)9-5-3-2-4-6-9/h2-8H,1H3,(H2,13,15,16). The molecule has 2 aromatic heterocycles. The summed E-state index contributed by atoms with van der Waals surface area (Å²) in [6, 6.07) is 9.64. The Hall–Kier alpha value is -2.63. The number of nitrogens with two attached hydrogens (primary N) is 1. The van der Waals surface area contributed by atoms with Crippen LogP contribution in [0.4, 0.5) is 5.95 Å². The van der Waals surface area contributed by atoms with Gasteiger partial charge in [-0.2, -0.15) is 9.67 Å². The first-order valence-corrected chi connectivity index (χ1v) is 5.50. The van der Waals surface area contributed by atoms with Crippen LogP contribution in [0, 0.1) is 0 Å². The zero-order valence-corrected chi connectivity index (χ0v) is 9.85. The average molecular weight is 240 g/mol. The molecule has 0 fully saturated rings. The largest absolute Gasteiger partial charge is 0.368 e. The predicted octanol–water partition coefficient (Wildman–Crippen LogP) is 1.25. The predicted molar refractivity (Wildman–Crippen MR) is 68.0 cm³/mol. The molecule has 3 aromatic rings. The van der Waals surface area contributed by atoms with Crippen molar-refractivity contribution in [3.05, 3.63) is 42.9 Å². The molecule has 0 aliphatic rings. The third-order valence-corrected chi connectivity index (χ3v) is 2.57. The van der Waals surface area contributed by atoms with Gasteiger partial charge in [0.1, 0.15) is 5.69 Å². The summed E-state index contributed by atoms with van der Waals surface area (Å²) >= 11 is 0. The summed E-state index contributed by atoms with van der Waals surface area (Å²) in [5, 5.41) is 4.37. The highest BCUT2D eigenvalue weighted by Crippen LogP contribution is 2.17. The topological polar surface area (TPSA) is 74.6 Å². The maximum Gasteiger partial charge on any atom is 0.223 e. The van der Waals surface area contributed by atoms with Crippen LogP contribution in [0.5, 0.6) is 0 Å². The average Bonchev–Trinajstić information content (AvgIpc) is 2.97. The first-order valence-electron chi connectivity index (χ1n) is 5.50. The van der Waals surface area contributed by atoms with Gasteiger partial charge in [-0.3, -0.25) is 0 Å². The van der Waals surface area contributed by atoms with E-state index in [1.807, 2.05) is 48.1 Å². The SMILES string of the molecule is Cn1cnc(-c2nc(N)n(-c3ccccc3)n2)c1. The van der Waals surface area contributed by atoms with Crippen molar-refractivity contribution in [1.29, 1.82) is 0 Å². The van der Waals surface area contributed by atoms with Gasteiger partial charge >= 0.3 is 0 Å². The summed E-state index contributed by atoms with van der Waals surface area (Å²) in [7, 11) is 1.90. The lowest BCUT2D eigenvalue weighted by molar-refractivity contribution is 0.892. The number of rotatable bonds is 2. The Morgan fingerprint density at radius 3 is 2.61 bits per heavy atom. The second-order valence-corrected chi connectivity index (χ2v) is 3.97. The third-order valence-electron chi connectivity index (χ3n) is 2.57. The van der Waals surface area contributed by atoms with Gasteiger partial charge in [0.2, 0.25) is 11.8 Å². The molecule has 1 aromatic carbocycles. The summed E-state index contributed by atoms with van der Waals surface area (Å²) in [6.07, 6.45) is 3.55. The van der Waals surface area contributed by atoms with E-state index in [4.69, 9.17) is 5.73 Å². The molecule has 0 bridgehead atoms. The van der Waals surface area contributed by atoms with Crippen molar-refractivity contribution in [2.24, 2.45) is 7.05 Å². The van der Waals surface area contributed by atoms with E-state index in [9.17, 15) is 0 Å². The van der Waals surface area contributed by atoms with Gasteiger partial charge < -0.3 is 10.3 Å². The quantitative estimate of drug-likeness (QED) is 0.731. The van der Waals surface area contributed by atoms with Crippen LogP contribution >= 0.6 is 0 Å². The van der Waals surface area contributed by atoms with Crippen molar-refractivity contribution in [3.63, 3.8) is 0 Å². The minimum Gasteiger partial charge on any atom is -0.368 e. The molecule has 0 saturated heterocycles. The second-order valence-electron chi connectivity index (χ2n) is 3.97. The van der Waals surface area contributed by atoms with E-state index in [1.54, 1.807) is 11.0 Å². The van der Waals surface area contributed by atoms with Crippen molar-refractivity contribution >= 4 is 5.95 Å². The number of para-hydroxylation sites is 1. The maximum absolute atomic E-state index is 5.87. The van der Waals surface area contributed by atoms with Crippen molar-refractivity contribution in [2.45, 2.75) is 0 Å². The Bertz CT molecular complexity index is 667. The molecule has 3 rings (SSSR count). The molecule has 0 unspecified atom stereocenters. The van der Waals surface area contributed by atoms with E-state index in [0.29, 0.717) is 17.5 Å². The van der Waals surface area contributed by atoms with Crippen LogP contribution in [-0.2, 0) is 7.05 Å². The van der Waals surface area contributed by atoms with Crippen LogP contribution in [0.2, 0.25) is 0 Å². The number of nitrogens with zero attached hydrogens (tertiary/aromatic N) is 5. The van der Waals surface area contributed by atoms with Crippen molar-refractivity contribution in [3.8, 4) is 17.2 Å². The lowest BCUT2D eigenvalue weighted by Crippen LogP contribution is -2.01. The molecular weight excluding hydrogens is 228 g/mol. The van der Waals surface area contributed by atoms with E-state index in [0.717, 1.165) is 5.69 Å². The number of hydrogen-bond donors (Lipinski definition) is 1. The second kappa shape index (κ2) is 3.99. The lowest BCUT2D eigenvalue weighted by atomic mass is 10.3. The smallest absolute Gasteiger partial charge is 0.223 e. The normalized spacial score (nSPS) is 10.7. The summed E-state index contributed by atoms with van der Waals surface area (Å²) < 4.78 is 3.44. The van der Waals surface area contributed by atoms with Gasteiger partial charge in [0.25, 0.3) is 0 Å². The van der Waals surface area contributed by atoms with Crippen LogP contribution in [0.3, 0.4) is 0 Å². The number of aromatic nitrogens is 5. The first kappa shape index (κ1) is 10.5. The van der Waals surface area contributed by atoms with Gasteiger partial charge in [-0.1, -0.05) is 18.2 Å². The zero-order chi connectivity index (χ0) is 12.5. The lowest BCUT2D eigenvalue weighted by Gasteiger charge is -2.00. The van der Waals surface area contributed by atoms with Crippen LogP contribution in [-0.4, -0.2) is 24.3 Å². The molecule has 0 radical (unpaired) electrons. The summed E-state index contributed by atoms with van der Waals surface area (Å²) in [4.78, 5) is 8.43. The fraction of sp³-hybridized carbons (Fsp3) is 0.0833. The highest BCUT2D eigenvalue weighted by atomic mass is 15.4. The number of nitrogen functional groups attached to an aromatic ring is 1. The molecule has 18 heavy (non-hydrogen) atoms. The number of benzene rings is 1. The molecule has 0 amide bonds. The highest BCUT2D eigenvalue weighted by Gasteiger charge is 2.12. The summed E-state index contributed by atoms with van der Waals surface area (Å²) in [5.41, 5.74) is 7.46. The molecule has 0 spiro atoms. The summed E-state index contributed by atoms with van der Waals surface area (Å²) in [5.74, 6) is 0.874. The van der Waals surface area contributed by atoms with E-state index < -0.39 is 0 Å². The Balaban J connectivity index is 2.06. The van der Waals surface area contributed by atoms with E-state index in [2.05, 4.69) is 15.1 Å². The molecule has 90 valence electrons. The Morgan fingerprint density at radius 2 is 1.94 bits per heavy atom. The molecule has 0 aliphatic heterocycles.